The van der Waals surface area contributed by atoms with Crippen molar-refractivity contribution in [1.82, 2.24) is 9.80 Å². The lowest BCUT2D eigenvalue weighted by Crippen LogP contribution is -2.53. The Bertz CT molecular complexity index is 548. The number of rotatable bonds is 5. The van der Waals surface area contributed by atoms with Gasteiger partial charge in [-0.3, -0.25) is 4.79 Å². The van der Waals surface area contributed by atoms with E-state index in [1.165, 1.54) is 12.8 Å². The molecule has 2 atom stereocenters. The molecular weight excluding hydrogens is 331 g/mol. The summed E-state index contributed by atoms with van der Waals surface area (Å²) in [6, 6.07) is 5.84. The third-order valence-electron chi connectivity index (χ3n) is 4.65. The minimum Gasteiger partial charge on any atom is -0.334 e. The molecule has 1 amide bonds. The highest BCUT2D eigenvalue weighted by Crippen LogP contribution is 2.29. The number of carbonyl (C=O) groups is 1. The molecule has 0 bridgehead atoms. The Kier molecular flexibility index (Phi) is 6.75. The van der Waals surface area contributed by atoms with Gasteiger partial charge in [0.05, 0.1) is 10.0 Å². The average Bonchev–Trinajstić information content (AvgIpc) is 2.54. The summed E-state index contributed by atoms with van der Waals surface area (Å²) in [6.07, 6.45) is 5.58. The van der Waals surface area contributed by atoms with E-state index in [1.54, 1.807) is 18.2 Å². The molecule has 0 N–H and O–H groups in total. The van der Waals surface area contributed by atoms with E-state index in [1.807, 2.05) is 4.90 Å². The number of amides is 1. The van der Waals surface area contributed by atoms with Gasteiger partial charge >= 0.3 is 0 Å². The predicted molar refractivity (Wildman–Crippen MR) is 97.5 cm³/mol. The summed E-state index contributed by atoms with van der Waals surface area (Å²) in [7, 11) is 4.22. The number of carbonyl (C=O) groups excluding carboxylic acids is 1. The summed E-state index contributed by atoms with van der Waals surface area (Å²) in [6.45, 7) is 2.89. The first-order valence-corrected chi connectivity index (χ1v) is 9.13. The Hall–Kier alpha value is -0.770. The number of nitrogens with zero attached hydrogens (tertiary/aromatic N) is 2. The number of hydrogen-bond acceptors (Lipinski definition) is 2. The van der Waals surface area contributed by atoms with Crippen molar-refractivity contribution in [3.63, 3.8) is 0 Å². The van der Waals surface area contributed by atoms with Crippen LogP contribution in [0.3, 0.4) is 0 Å². The summed E-state index contributed by atoms with van der Waals surface area (Å²) in [5.74, 6) is 0.0594. The first-order chi connectivity index (χ1) is 11.0. The summed E-state index contributed by atoms with van der Waals surface area (Å²) >= 11 is 12.1. The van der Waals surface area contributed by atoms with E-state index in [2.05, 4.69) is 25.9 Å². The second-order valence-corrected chi connectivity index (χ2v) is 7.32. The SMILES string of the molecule is CCCN(C(=O)c1ccc(Cl)c(Cl)c1)C1CCCCC1N(C)C. The third kappa shape index (κ3) is 4.40. The average molecular weight is 357 g/mol. The molecule has 2 rings (SSSR count). The molecule has 1 aromatic carbocycles. The summed E-state index contributed by atoms with van der Waals surface area (Å²) in [5.41, 5.74) is 0.621. The van der Waals surface area contributed by atoms with Gasteiger partial charge in [-0.05, 0) is 51.6 Å². The minimum atomic E-state index is 0.0594. The second-order valence-electron chi connectivity index (χ2n) is 6.51. The molecule has 2 unspecified atom stereocenters. The molecule has 5 heteroatoms. The minimum absolute atomic E-state index is 0.0594. The lowest BCUT2D eigenvalue weighted by Gasteiger charge is -2.43. The fourth-order valence-corrected chi connectivity index (χ4v) is 3.81. The van der Waals surface area contributed by atoms with Crippen LogP contribution in [0.25, 0.3) is 0 Å². The van der Waals surface area contributed by atoms with E-state index in [-0.39, 0.29) is 11.9 Å². The zero-order valence-electron chi connectivity index (χ0n) is 14.2. The Labute approximate surface area is 149 Å². The Balaban J connectivity index is 2.28. The molecule has 0 saturated heterocycles. The zero-order chi connectivity index (χ0) is 17.0. The van der Waals surface area contributed by atoms with Gasteiger partial charge in [0.2, 0.25) is 0 Å². The number of likely N-dealkylation sites (N-methyl/N-ethyl adjacent to an activating group) is 1. The van der Waals surface area contributed by atoms with E-state index in [4.69, 9.17) is 23.2 Å². The zero-order valence-corrected chi connectivity index (χ0v) is 15.7. The van der Waals surface area contributed by atoms with Crippen LogP contribution in [0.2, 0.25) is 10.0 Å². The van der Waals surface area contributed by atoms with Gasteiger partial charge in [0.1, 0.15) is 0 Å². The second kappa shape index (κ2) is 8.36. The van der Waals surface area contributed by atoms with Gasteiger partial charge in [0.25, 0.3) is 5.91 Å². The van der Waals surface area contributed by atoms with Gasteiger partial charge in [-0.15, -0.1) is 0 Å². The molecule has 23 heavy (non-hydrogen) atoms. The topological polar surface area (TPSA) is 23.6 Å². The molecule has 0 aromatic heterocycles. The Morgan fingerprint density at radius 2 is 1.78 bits per heavy atom. The lowest BCUT2D eigenvalue weighted by molar-refractivity contribution is 0.0460. The molecule has 1 aromatic rings. The van der Waals surface area contributed by atoms with Crippen LogP contribution < -0.4 is 0 Å². The molecule has 0 heterocycles. The van der Waals surface area contributed by atoms with Gasteiger partial charge in [-0.25, -0.2) is 0 Å². The van der Waals surface area contributed by atoms with Crippen LogP contribution in [0.1, 0.15) is 49.4 Å². The quantitative estimate of drug-likeness (QED) is 0.761. The highest BCUT2D eigenvalue weighted by molar-refractivity contribution is 6.42. The summed E-state index contributed by atoms with van der Waals surface area (Å²) < 4.78 is 0. The Morgan fingerprint density at radius 3 is 2.35 bits per heavy atom. The van der Waals surface area contributed by atoms with Crippen molar-refractivity contribution in [3.8, 4) is 0 Å². The van der Waals surface area contributed by atoms with E-state index in [0.29, 0.717) is 21.7 Å². The molecule has 1 aliphatic carbocycles. The molecule has 0 radical (unpaired) electrons. The van der Waals surface area contributed by atoms with Crippen LogP contribution in [0.5, 0.6) is 0 Å². The van der Waals surface area contributed by atoms with Crippen LogP contribution in [-0.2, 0) is 0 Å². The standard InChI is InChI=1S/C18H26Cl2N2O/c1-4-11-22(17-8-6-5-7-16(17)21(2)3)18(23)13-9-10-14(19)15(20)12-13/h9-10,12,16-17H,4-8,11H2,1-3H3. The molecule has 128 valence electrons. The van der Waals surface area contributed by atoms with E-state index >= 15 is 0 Å². The molecule has 1 aliphatic rings. The number of hydrogen-bond donors (Lipinski definition) is 0. The molecule has 3 nitrogen and oxygen atoms in total. The Morgan fingerprint density at radius 1 is 1.13 bits per heavy atom. The van der Waals surface area contributed by atoms with Gasteiger partial charge in [0, 0.05) is 24.2 Å². The lowest BCUT2D eigenvalue weighted by atomic mass is 9.88. The number of benzene rings is 1. The van der Waals surface area contributed by atoms with Crippen LogP contribution in [0.15, 0.2) is 18.2 Å². The maximum absolute atomic E-state index is 13.1. The van der Waals surface area contributed by atoms with Gasteiger partial charge in [-0.1, -0.05) is 43.0 Å². The maximum Gasteiger partial charge on any atom is 0.254 e. The highest BCUT2D eigenvalue weighted by atomic mass is 35.5. The maximum atomic E-state index is 13.1. The normalized spacial score (nSPS) is 21.5. The van der Waals surface area contributed by atoms with Crippen LogP contribution in [-0.4, -0.2) is 48.4 Å². The van der Waals surface area contributed by atoms with Gasteiger partial charge in [0.15, 0.2) is 0 Å². The van der Waals surface area contributed by atoms with Crippen LogP contribution >= 0.6 is 23.2 Å². The predicted octanol–water partition coefficient (Wildman–Crippen LogP) is 4.72. The van der Waals surface area contributed by atoms with Crippen molar-refractivity contribution >= 4 is 29.1 Å². The number of halogens is 2. The van der Waals surface area contributed by atoms with E-state index in [0.717, 1.165) is 25.8 Å². The summed E-state index contributed by atoms with van der Waals surface area (Å²) in [5, 5.41) is 0.913. The fourth-order valence-electron chi connectivity index (χ4n) is 3.51. The van der Waals surface area contributed by atoms with Crippen LogP contribution in [0.4, 0.5) is 0 Å². The fraction of sp³-hybridized carbons (Fsp3) is 0.611. The van der Waals surface area contributed by atoms with E-state index in [9.17, 15) is 4.79 Å². The molecule has 1 saturated carbocycles. The van der Waals surface area contributed by atoms with Crippen molar-refractivity contribution in [1.29, 1.82) is 0 Å². The van der Waals surface area contributed by atoms with Gasteiger partial charge < -0.3 is 9.80 Å². The molecule has 0 spiro atoms. The smallest absolute Gasteiger partial charge is 0.254 e. The molecule has 0 aliphatic heterocycles. The third-order valence-corrected chi connectivity index (χ3v) is 5.39. The van der Waals surface area contributed by atoms with Gasteiger partial charge in [-0.2, -0.15) is 0 Å². The van der Waals surface area contributed by atoms with Crippen molar-refractivity contribution in [2.75, 3.05) is 20.6 Å². The van der Waals surface area contributed by atoms with Crippen molar-refractivity contribution < 1.29 is 4.79 Å². The largest absolute Gasteiger partial charge is 0.334 e. The van der Waals surface area contributed by atoms with Crippen LogP contribution in [0, 0.1) is 0 Å². The highest BCUT2D eigenvalue weighted by Gasteiger charge is 2.34. The van der Waals surface area contributed by atoms with E-state index < -0.39 is 0 Å². The molecular formula is C18H26Cl2N2O. The summed E-state index contributed by atoms with van der Waals surface area (Å²) in [4.78, 5) is 17.4. The monoisotopic (exact) mass is 356 g/mol. The molecule has 1 fully saturated rings. The van der Waals surface area contributed by atoms with Crippen molar-refractivity contribution in [3.05, 3.63) is 33.8 Å². The first kappa shape index (κ1) is 18.6. The first-order valence-electron chi connectivity index (χ1n) is 8.38. The van der Waals surface area contributed by atoms with Crippen molar-refractivity contribution in [2.24, 2.45) is 0 Å². The van der Waals surface area contributed by atoms with Crippen molar-refractivity contribution in [2.45, 2.75) is 51.1 Å².